The predicted molar refractivity (Wildman–Crippen MR) is 135 cm³/mol. The summed E-state index contributed by atoms with van der Waals surface area (Å²) < 4.78 is 45.1. The molecule has 13 heteroatoms. The molecule has 0 aromatic carbocycles. The first-order valence-corrected chi connectivity index (χ1v) is 12.7. The van der Waals surface area contributed by atoms with Gasteiger partial charge in [0.1, 0.15) is 5.69 Å². The highest BCUT2D eigenvalue weighted by molar-refractivity contribution is 8.18. The number of halogens is 3. The van der Waals surface area contributed by atoms with E-state index in [2.05, 4.69) is 30.5 Å². The standard InChI is InChI=1S/C25H23F3N6O3S/c26-25(27,28)21-10-16(9-19(32-21)17-4-8-37-14-17)13-29-12-15-2-6-34(7-3-15)23-30-5-1-18(31-23)11-20-22(35)33-24(36)38-20/h1,4-5,8-11,14-15,29H,2-3,6-7,12-13H2,(H,33,35,36)/b20-11+. The molecule has 38 heavy (non-hydrogen) atoms. The summed E-state index contributed by atoms with van der Waals surface area (Å²) in [4.78, 5) is 38.1. The zero-order valence-corrected chi connectivity index (χ0v) is 20.8. The van der Waals surface area contributed by atoms with Crippen LogP contribution in [0.15, 0.2) is 52.3 Å². The number of imide groups is 1. The van der Waals surface area contributed by atoms with Gasteiger partial charge in [-0.1, -0.05) is 0 Å². The predicted octanol–water partition coefficient (Wildman–Crippen LogP) is 4.48. The molecule has 3 aromatic heterocycles. The van der Waals surface area contributed by atoms with Gasteiger partial charge in [-0.15, -0.1) is 0 Å². The Labute approximate surface area is 219 Å². The van der Waals surface area contributed by atoms with Crippen molar-refractivity contribution in [2.45, 2.75) is 25.6 Å². The largest absolute Gasteiger partial charge is 0.472 e. The fourth-order valence-electron chi connectivity index (χ4n) is 4.30. The summed E-state index contributed by atoms with van der Waals surface area (Å²) in [6.45, 7) is 2.38. The number of hydrogen-bond donors (Lipinski definition) is 2. The third-order valence-electron chi connectivity index (χ3n) is 6.24. The van der Waals surface area contributed by atoms with E-state index in [4.69, 9.17) is 4.42 Å². The number of amides is 2. The zero-order chi connectivity index (χ0) is 26.7. The summed E-state index contributed by atoms with van der Waals surface area (Å²) in [6.07, 6.45) is 3.12. The van der Waals surface area contributed by atoms with Crippen LogP contribution in [-0.4, -0.2) is 45.7 Å². The van der Waals surface area contributed by atoms with Crippen molar-refractivity contribution in [1.29, 1.82) is 0 Å². The highest BCUT2D eigenvalue weighted by Gasteiger charge is 2.33. The number of hydrogen-bond acceptors (Lipinski definition) is 9. The first kappa shape index (κ1) is 25.9. The molecule has 0 saturated carbocycles. The summed E-state index contributed by atoms with van der Waals surface area (Å²) in [5.41, 5.74) is 0.812. The Hall–Kier alpha value is -3.71. The summed E-state index contributed by atoms with van der Waals surface area (Å²) in [5, 5.41) is 5.10. The quantitative estimate of drug-likeness (QED) is 0.416. The van der Waals surface area contributed by atoms with E-state index in [1.165, 1.54) is 12.5 Å². The highest BCUT2D eigenvalue weighted by atomic mass is 32.2. The molecule has 0 bridgehead atoms. The number of carbonyl (C=O) groups is 2. The van der Waals surface area contributed by atoms with E-state index >= 15 is 0 Å². The number of rotatable bonds is 7. The van der Waals surface area contributed by atoms with Crippen molar-refractivity contribution in [1.82, 2.24) is 25.6 Å². The van der Waals surface area contributed by atoms with Gasteiger partial charge in [0.05, 0.1) is 28.8 Å². The average molecular weight is 545 g/mol. The lowest BCUT2D eigenvalue weighted by Crippen LogP contribution is -2.38. The smallest absolute Gasteiger partial charge is 0.433 e. The molecule has 2 fully saturated rings. The molecule has 2 saturated heterocycles. The molecular weight excluding hydrogens is 521 g/mol. The maximum atomic E-state index is 13.4. The van der Waals surface area contributed by atoms with Crippen molar-refractivity contribution < 1.29 is 27.2 Å². The van der Waals surface area contributed by atoms with Gasteiger partial charge in [0, 0.05) is 31.4 Å². The zero-order valence-electron chi connectivity index (χ0n) is 20.0. The molecule has 0 aliphatic carbocycles. The Balaban J connectivity index is 1.16. The van der Waals surface area contributed by atoms with Gasteiger partial charge in [-0.25, -0.2) is 15.0 Å². The number of nitrogens with one attached hydrogen (secondary N) is 2. The van der Waals surface area contributed by atoms with Gasteiger partial charge in [-0.2, -0.15) is 13.2 Å². The monoisotopic (exact) mass is 544 g/mol. The van der Waals surface area contributed by atoms with E-state index in [0.29, 0.717) is 35.2 Å². The molecule has 2 N–H and O–H groups in total. The molecule has 0 spiro atoms. The second-order valence-corrected chi connectivity index (χ2v) is 9.97. The Kier molecular flexibility index (Phi) is 7.47. The number of carbonyl (C=O) groups excluding carboxylic acids is 2. The summed E-state index contributed by atoms with van der Waals surface area (Å²) in [7, 11) is 0. The minimum Gasteiger partial charge on any atom is -0.472 e. The second kappa shape index (κ2) is 11.0. The summed E-state index contributed by atoms with van der Waals surface area (Å²) >= 11 is 0.835. The van der Waals surface area contributed by atoms with Gasteiger partial charge >= 0.3 is 6.18 Å². The van der Waals surface area contributed by atoms with E-state index in [1.54, 1.807) is 30.5 Å². The number of anilines is 1. The Morgan fingerprint density at radius 1 is 1.18 bits per heavy atom. The SMILES string of the molecule is O=C1NC(=O)/C(=C\c2ccnc(N3CCC(CNCc4cc(-c5ccoc5)nc(C(F)(F)F)c4)CC3)n2)S1. The number of nitrogens with zero attached hydrogens (tertiary/aromatic N) is 4. The molecular formula is C25H23F3N6O3S. The van der Waals surface area contributed by atoms with Crippen molar-refractivity contribution in [2.24, 2.45) is 5.92 Å². The fraction of sp³-hybridized carbons (Fsp3) is 0.320. The average Bonchev–Trinajstić information content (AvgIpc) is 3.54. The molecule has 2 aliphatic heterocycles. The van der Waals surface area contributed by atoms with Crippen LogP contribution >= 0.6 is 11.8 Å². The van der Waals surface area contributed by atoms with Gasteiger partial charge in [0.15, 0.2) is 0 Å². The third-order valence-corrected chi connectivity index (χ3v) is 7.05. The Bertz CT molecular complexity index is 1350. The van der Waals surface area contributed by atoms with E-state index in [9.17, 15) is 22.8 Å². The Morgan fingerprint density at radius 3 is 2.68 bits per heavy atom. The van der Waals surface area contributed by atoms with Gasteiger partial charge in [0.2, 0.25) is 5.95 Å². The van der Waals surface area contributed by atoms with Crippen molar-refractivity contribution in [3.05, 3.63) is 64.8 Å². The van der Waals surface area contributed by atoms with Crippen molar-refractivity contribution in [3.8, 4) is 11.3 Å². The molecule has 198 valence electrons. The number of piperidine rings is 1. The summed E-state index contributed by atoms with van der Waals surface area (Å²) in [5.74, 6) is 0.453. The molecule has 0 atom stereocenters. The number of alkyl halides is 3. The summed E-state index contributed by atoms with van der Waals surface area (Å²) in [6, 6.07) is 5.96. The fourth-order valence-corrected chi connectivity index (χ4v) is 4.97. The first-order chi connectivity index (χ1) is 18.2. The lowest BCUT2D eigenvalue weighted by Gasteiger charge is -2.32. The van der Waals surface area contributed by atoms with Crippen LogP contribution in [0.4, 0.5) is 23.9 Å². The molecule has 3 aromatic rings. The lowest BCUT2D eigenvalue weighted by atomic mass is 9.97. The molecule has 2 aliphatic rings. The molecule has 0 radical (unpaired) electrons. The molecule has 5 rings (SSSR count). The topological polar surface area (TPSA) is 113 Å². The van der Waals surface area contributed by atoms with Gasteiger partial charge < -0.3 is 14.6 Å². The van der Waals surface area contributed by atoms with Gasteiger partial charge in [0.25, 0.3) is 11.1 Å². The van der Waals surface area contributed by atoms with E-state index in [1.807, 2.05) is 0 Å². The molecule has 2 amide bonds. The van der Waals surface area contributed by atoms with Crippen LogP contribution in [0, 0.1) is 5.92 Å². The first-order valence-electron chi connectivity index (χ1n) is 11.9. The van der Waals surface area contributed by atoms with Gasteiger partial charge in [-0.3, -0.25) is 14.9 Å². The van der Waals surface area contributed by atoms with Crippen LogP contribution in [0.25, 0.3) is 17.3 Å². The third kappa shape index (κ3) is 6.22. The molecule has 0 unspecified atom stereocenters. The van der Waals surface area contributed by atoms with Gasteiger partial charge in [-0.05, 0) is 73.0 Å². The van der Waals surface area contributed by atoms with Crippen molar-refractivity contribution in [2.75, 3.05) is 24.5 Å². The van der Waals surface area contributed by atoms with Crippen molar-refractivity contribution >= 4 is 34.9 Å². The van der Waals surface area contributed by atoms with E-state index < -0.39 is 23.0 Å². The van der Waals surface area contributed by atoms with Crippen LogP contribution < -0.4 is 15.5 Å². The van der Waals surface area contributed by atoms with Crippen LogP contribution in [0.5, 0.6) is 0 Å². The molecule has 5 heterocycles. The van der Waals surface area contributed by atoms with E-state index in [0.717, 1.165) is 43.8 Å². The second-order valence-electron chi connectivity index (χ2n) is 8.95. The lowest BCUT2D eigenvalue weighted by molar-refractivity contribution is -0.141. The minimum atomic E-state index is -4.54. The van der Waals surface area contributed by atoms with Crippen LogP contribution in [0.1, 0.15) is 29.8 Å². The van der Waals surface area contributed by atoms with Crippen molar-refractivity contribution in [3.63, 3.8) is 0 Å². The number of pyridine rings is 1. The van der Waals surface area contributed by atoms with Crippen LogP contribution in [0.2, 0.25) is 0 Å². The normalized spacial score (nSPS) is 17.9. The number of furan rings is 1. The van der Waals surface area contributed by atoms with E-state index in [-0.39, 0.29) is 17.1 Å². The maximum Gasteiger partial charge on any atom is 0.433 e. The Morgan fingerprint density at radius 2 is 2.00 bits per heavy atom. The molecule has 9 nitrogen and oxygen atoms in total. The van der Waals surface area contributed by atoms with Crippen LogP contribution in [0.3, 0.4) is 0 Å². The highest BCUT2D eigenvalue weighted by Crippen LogP contribution is 2.31. The number of aromatic nitrogens is 3. The number of thioether (sulfide) groups is 1. The maximum absolute atomic E-state index is 13.4. The van der Waals surface area contributed by atoms with Crippen LogP contribution in [-0.2, 0) is 17.5 Å². The minimum absolute atomic E-state index is 0.218.